The summed E-state index contributed by atoms with van der Waals surface area (Å²) in [7, 11) is 0. The van der Waals surface area contributed by atoms with Gasteiger partial charge in [0.15, 0.2) is 5.69 Å². The average molecular weight is 406 g/mol. The lowest BCUT2D eigenvalue weighted by Crippen LogP contribution is -2.47. The molecule has 1 aromatic heterocycles. The summed E-state index contributed by atoms with van der Waals surface area (Å²) in [6, 6.07) is 4.82. The number of aliphatic hydroxyl groups excluding tert-OH is 1. The molecule has 0 aliphatic heterocycles. The molecule has 2 aromatic rings. The van der Waals surface area contributed by atoms with E-state index in [4.69, 9.17) is 0 Å². The summed E-state index contributed by atoms with van der Waals surface area (Å²) in [5.41, 5.74) is 0.213. The van der Waals surface area contributed by atoms with Gasteiger partial charge in [-0.15, -0.1) is 5.10 Å². The maximum atomic E-state index is 14.6. The number of halogens is 1. The Hall–Kier alpha value is -2.39. The molecule has 3 rings (SSSR count). The first-order valence-corrected chi connectivity index (χ1v) is 10.2. The smallest absolute Gasteiger partial charge is 0.276 e. The largest absolute Gasteiger partial charge is 0.396 e. The first kappa shape index (κ1) is 20.3. The predicted octanol–water partition coefficient (Wildman–Crippen LogP) is 2.30. The molecule has 1 fully saturated rings. The molecule has 150 valence electrons. The van der Waals surface area contributed by atoms with Gasteiger partial charge in [0.05, 0.1) is 0 Å². The summed E-state index contributed by atoms with van der Waals surface area (Å²) in [6.45, 7) is -0.0721. The Morgan fingerprint density at radius 3 is 2.71 bits per heavy atom. The lowest BCUT2D eigenvalue weighted by Gasteiger charge is -2.31. The molecule has 1 atom stereocenters. The van der Waals surface area contributed by atoms with Crippen LogP contribution in [0, 0.1) is 5.82 Å². The summed E-state index contributed by atoms with van der Waals surface area (Å²) < 4.78 is 18.3. The number of hydrogen-bond donors (Lipinski definition) is 2. The molecule has 1 saturated carbocycles. The van der Waals surface area contributed by atoms with Crippen molar-refractivity contribution in [2.45, 2.75) is 44.2 Å². The van der Waals surface area contributed by atoms with Crippen molar-refractivity contribution in [2.24, 2.45) is 0 Å². The van der Waals surface area contributed by atoms with Crippen LogP contribution in [-0.4, -0.2) is 50.6 Å². The molecule has 0 bridgehead atoms. The van der Waals surface area contributed by atoms with Crippen molar-refractivity contribution in [3.8, 4) is 0 Å². The first-order valence-electron chi connectivity index (χ1n) is 9.35. The van der Waals surface area contributed by atoms with E-state index < -0.39 is 23.7 Å². The van der Waals surface area contributed by atoms with Gasteiger partial charge in [-0.05, 0) is 36.9 Å². The van der Waals surface area contributed by atoms with Crippen LogP contribution in [0.25, 0.3) is 0 Å². The zero-order valence-electron chi connectivity index (χ0n) is 15.4. The molecule has 0 saturated heterocycles. The maximum absolute atomic E-state index is 14.6. The molecule has 1 unspecified atom stereocenters. The third-order valence-corrected chi connectivity index (χ3v) is 5.36. The highest BCUT2D eigenvalue weighted by Gasteiger charge is 2.35. The van der Waals surface area contributed by atoms with E-state index in [9.17, 15) is 19.1 Å². The topological polar surface area (TPSA) is 95.4 Å². The van der Waals surface area contributed by atoms with Crippen LogP contribution < -0.4 is 5.32 Å². The molecule has 0 radical (unpaired) electrons. The van der Waals surface area contributed by atoms with Gasteiger partial charge in [-0.3, -0.25) is 9.59 Å². The molecular formula is C19H23FN4O3S. The molecule has 28 heavy (non-hydrogen) atoms. The SMILES string of the molecule is O=C(NC1CCCC1)C(c1ccccc1F)N(CCCO)C(=O)c1csnn1. The van der Waals surface area contributed by atoms with Gasteiger partial charge in [0.1, 0.15) is 11.9 Å². The minimum atomic E-state index is -1.15. The van der Waals surface area contributed by atoms with Gasteiger partial charge in [0, 0.05) is 30.1 Å². The highest BCUT2D eigenvalue weighted by molar-refractivity contribution is 7.03. The lowest BCUT2D eigenvalue weighted by atomic mass is 10.0. The quantitative estimate of drug-likeness (QED) is 0.701. The second-order valence-corrected chi connectivity index (χ2v) is 7.39. The minimum Gasteiger partial charge on any atom is -0.396 e. The van der Waals surface area contributed by atoms with Gasteiger partial charge in [0.25, 0.3) is 5.91 Å². The molecule has 2 amide bonds. The Morgan fingerprint density at radius 1 is 1.32 bits per heavy atom. The number of aromatic nitrogens is 2. The fourth-order valence-electron chi connectivity index (χ4n) is 3.49. The van der Waals surface area contributed by atoms with Crippen molar-refractivity contribution in [2.75, 3.05) is 13.2 Å². The van der Waals surface area contributed by atoms with Gasteiger partial charge >= 0.3 is 0 Å². The normalized spacial score (nSPS) is 15.4. The minimum absolute atomic E-state index is 0.0255. The van der Waals surface area contributed by atoms with Crippen LogP contribution >= 0.6 is 11.5 Å². The molecule has 7 nitrogen and oxygen atoms in total. The Kier molecular flexibility index (Phi) is 7.05. The number of carbonyl (C=O) groups is 2. The second kappa shape index (κ2) is 9.70. The van der Waals surface area contributed by atoms with Crippen LogP contribution in [0.1, 0.15) is 54.2 Å². The van der Waals surface area contributed by atoms with Gasteiger partial charge in [-0.2, -0.15) is 0 Å². The molecule has 9 heteroatoms. The number of amides is 2. The molecule has 0 spiro atoms. The molecule has 1 aliphatic carbocycles. The predicted molar refractivity (Wildman–Crippen MR) is 102 cm³/mol. The Bertz CT molecular complexity index is 796. The Labute approximate surface area is 166 Å². The van der Waals surface area contributed by atoms with E-state index in [1.165, 1.54) is 28.5 Å². The maximum Gasteiger partial charge on any atom is 0.276 e. The summed E-state index contributed by atoms with van der Waals surface area (Å²) in [4.78, 5) is 27.5. The van der Waals surface area contributed by atoms with E-state index in [1.54, 1.807) is 6.07 Å². The van der Waals surface area contributed by atoms with Crippen LogP contribution in [0.2, 0.25) is 0 Å². The molecular weight excluding hydrogens is 383 g/mol. The summed E-state index contributed by atoms with van der Waals surface area (Å²) in [5.74, 6) is -1.50. The number of nitrogens with one attached hydrogen (secondary N) is 1. The highest BCUT2D eigenvalue weighted by Crippen LogP contribution is 2.27. The molecule has 2 N–H and O–H groups in total. The molecule has 1 aromatic carbocycles. The monoisotopic (exact) mass is 406 g/mol. The van der Waals surface area contributed by atoms with E-state index in [0.717, 1.165) is 37.2 Å². The van der Waals surface area contributed by atoms with E-state index in [-0.39, 0.29) is 36.9 Å². The third kappa shape index (κ3) is 4.71. The number of hydrogen-bond acceptors (Lipinski definition) is 6. The van der Waals surface area contributed by atoms with Crippen molar-refractivity contribution in [3.05, 3.63) is 46.7 Å². The molecule has 1 heterocycles. The van der Waals surface area contributed by atoms with Crippen LogP contribution in [0.3, 0.4) is 0 Å². The van der Waals surface area contributed by atoms with Crippen molar-refractivity contribution in [1.82, 2.24) is 19.8 Å². The van der Waals surface area contributed by atoms with Crippen molar-refractivity contribution >= 4 is 23.3 Å². The van der Waals surface area contributed by atoms with E-state index in [1.807, 2.05) is 0 Å². The lowest BCUT2D eigenvalue weighted by molar-refractivity contribution is -0.126. The standard InChI is InChI=1S/C19H23FN4O3S/c20-15-9-4-3-8-14(15)17(18(26)21-13-6-1-2-7-13)24(10-5-11-25)19(27)16-12-28-23-22-16/h3-4,8-9,12-13,17,25H,1-2,5-7,10-11H2,(H,21,26). The number of carbonyl (C=O) groups excluding carboxylic acids is 2. The Morgan fingerprint density at radius 2 is 2.07 bits per heavy atom. The van der Waals surface area contributed by atoms with Crippen molar-refractivity contribution < 1.29 is 19.1 Å². The fraction of sp³-hybridized carbons (Fsp3) is 0.474. The van der Waals surface area contributed by atoms with E-state index >= 15 is 0 Å². The zero-order chi connectivity index (χ0) is 19.9. The summed E-state index contributed by atoms with van der Waals surface area (Å²) in [5, 5.41) is 17.5. The average Bonchev–Trinajstić information content (AvgIpc) is 3.39. The van der Waals surface area contributed by atoms with Crippen molar-refractivity contribution in [1.29, 1.82) is 0 Å². The fourth-order valence-corrected chi connectivity index (χ4v) is 3.92. The number of benzene rings is 1. The number of nitrogens with zero attached hydrogens (tertiary/aromatic N) is 3. The zero-order valence-corrected chi connectivity index (χ0v) is 16.2. The molecule has 1 aliphatic rings. The van der Waals surface area contributed by atoms with Crippen molar-refractivity contribution in [3.63, 3.8) is 0 Å². The third-order valence-electron chi connectivity index (χ3n) is 4.86. The second-order valence-electron chi connectivity index (χ2n) is 6.78. The number of aliphatic hydroxyl groups is 1. The van der Waals surface area contributed by atoms with Crippen LogP contribution in [-0.2, 0) is 4.79 Å². The highest BCUT2D eigenvalue weighted by atomic mass is 32.1. The van der Waals surface area contributed by atoms with E-state index in [0.29, 0.717) is 0 Å². The van der Waals surface area contributed by atoms with Gasteiger partial charge in [-0.1, -0.05) is 35.5 Å². The summed E-state index contributed by atoms with van der Waals surface area (Å²) in [6.07, 6.45) is 4.07. The van der Waals surface area contributed by atoms with E-state index in [2.05, 4.69) is 14.9 Å². The van der Waals surface area contributed by atoms with Crippen LogP contribution in [0.15, 0.2) is 29.6 Å². The summed E-state index contributed by atoms with van der Waals surface area (Å²) >= 11 is 1.02. The Balaban J connectivity index is 1.96. The van der Waals surface area contributed by atoms with Gasteiger partial charge in [-0.25, -0.2) is 4.39 Å². The van der Waals surface area contributed by atoms with Gasteiger partial charge < -0.3 is 15.3 Å². The van der Waals surface area contributed by atoms with Gasteiger partial charge in [0.2, 0.25) is 5.91 Å². The van der Waals surface area contributed by atoms with Crippen LogP contribution in [0.4, 0.5) is 4.39 Å². The van der Waals surface area contributed by atoms with Crippen LogP contribution in [0.5, 0.6) is 0 Å². The number of rotatable bonds is 8. The first-order chi connectivity index (χ1) is 13.6.